The van der Waals surface area contributed by atoms with E-state index in [2.05, 4.69) is 61.3 Å². The number of nitriles is 1. The quantitative estimate of drug-likeness (QED) is 0.209. The van der Waals surface area contributed by atoms with E-state index >= 15 is 0 Å². The van der Waals surface area contributed by atoms with Crippen molar-refractivity contribution in [3.05, 3.63) is 81.9 Å². The van der Waals surface area contributed by atoms with Crippen LogP contribution in [0.4, 0.5) is 19.0 Å². The van der Waals surface area contributed by atoms with Crippen LogP contribution in [0.1, 0.15) is 39.4 Å². The zero-order chi connectivity index (χ0) is 29.4. The molecule has 42 heavy (non-hydrogen) atoms. The van der Waals surface area contributed by atoms with E-state index in [1.54, 1.807) is 6.07 Å². The zero-order valence-corrected chi connectivity index (χ0v) is 24.1. The molecule has 0 saturated carbocycles. The molecule has 7 nitrogen and oxygen atoms in total. The van der Waals surface area contributed by atoms with Gasteiger partial charge < -0.3 is 10.3 Å². The van der Waals surface area contributed by atoms with Gasteiger partial charge in [-0.3, -0.25) is 9.88 Å². The van der Waals surface area contributed by atoms with E-state index < -0.39 is 12.6 Å². The summed E-state index contributed by atoms with van der Waals surface area (Å²) in [7, 11) is 0. The lowest BCUT2D eigenvalue weighted by Gasteiger charge is -2.21. The van der Waals surface area contributed by atoms with Crippen molar-refractivity contribution in [2.24, 2.45) is 5.92 Å². The fraction of sp³-hybridized carbons (Fsp3) is 0.355. The maximum absolute atomic E-state index is 13.1. The lowest BCUT2D eigenvalue weighted by Crippen LogP contribution is -2.29. The first-order valence-corrected chi connectivity index (χ1v) is 14.7. The molecule has 4 aromatic heterocycles. The van der Waals surface area contributed by atoms with Crippen LogP contribution in [0.2, 0.25) is 0 Å². The molecule has 0 amide bonds. The first-order valence-electron chi connectivity index (χ1n) is 13.9. The van der Waals surface area contributed by atoms with Crippen molar-refractivity contribution in [1.29, 1.82) is 5.26 Å². The Morgan fingerprint density at radius 2 is 1.95 bits per heavy atom. The van der Waals surface area contributed by atoms with Crippen LogP contribution < -0.4 is 5.32 Å². The number of anilines is 1. The molecule has 0 radical (unpaired) electrons. The summed E-state index contributed by atoms with van der Waals surface area (Å²) in [6.07, 6.45) is -0.146. The lowest BCUT2D eigenvalue weighted by atomic mass is 9.95. The molecule has 11 heteroatoms. The van der Waals surface area contributed by atoms with Crippen molar-refractivity contribution in [2.75, 3.05) is 18.4 Å². The number of aromatic nitrogens is 4. The summed E-state index contributed by atoms with van der Waals surface area (Å²) >= 11 is 1.06. The molecule has 216 valence electrons. The second kappa shape index (κ2) is 11.3. The van der Waals surface area contributed by atoms with E-state index in [0.717, 1.165) is 66.0 Å². The van der Waals surface area contributed by atoms with Gasteiger partial charge in [0.05, 0.1) is 11.8 Å². The van der Waals surface area contributed by atoms with E-state index in [4.69, 9.17) is 0 Å². The number of aromatic amines is 1. The molecule has 1 saturated heterocycles. The van der Waals surface area contributed by atoms with Crippen molar-refractivity contribution in [2.45, 2.75) is 51.9 Å². The highest BCUT2D eigenvalue weighted by Crippen LogP contribution is 2.35. The smallest absolute Gasteiger partial charge is 0.365 e. The number of nitrogens with zero attached hydrogens (tertiary/aromatic N) is 5. The van der Waals surface area contributed by atoms with Gasteiger partial charge in [-0.15, -0.1) is 11.3 Å². The summed E-state index contributed by atoms with van der Waals surface area (Å²) in [5, 5.41) is 14.6. The second-order valence-corrected chi connectivity index (χ2v) is 12.2. The van der Waals surface area contributed by atoms with Gasteiger partial charge in [-0.05, 0) is 79.6 Å². The number of hydrogen-bond donors (Lipinski definition) is 2. The Bertz CT molecular complexity index is 1790. The molecular formula is C31H30F3N7S. The van der Waals surface area contributed by atoms with Crippen molar-refractivity contribution in [3.63, 3.8) is 0 Å². The fourth-order valence-electron chi connectivity index (χ4n) is 6.00. The molecule has 1 aromatic carbocycles. The third-order valence-electron chi connectivity index (χ3n) is 8.06. The third kappa shape index (κ3) is 6.10. The summed E-state index contributed by atoms with van der Waals surface area (Å²) < 4.78 is 39.3. The van der Waals surface area contributed by atoms with E-state index in [1.165, 1.54) is 17.5 Å². The van der Waals surface area contributed by atoms with E-state index in [0.29, 0.717) is 27.6 Å². The van der Waals surface area contributed by atoms with E-state index in [-0.39, 0.29) is 10.9 Å². The molecule has 2 atom stereocenters. The molecule has 5 aromatic rings. The maximum atomic E-state index is 13.1. The Kier molecular flexibility index (Phi) is 7.60. The molecule has 5 heterocycles. The maximum Gasteiger partial charge on any atom is 0.393 e. The Balaban J connectivity index is 1.25. The number of halogens is 3. The summed E-state index contributed by atoms with van der Waals surface area (Å²) in [5.74, 6) is 0.869. The largest absolute Gasteiger partial charge is 0.393 e. The van der Waals surface area contributed by atoms with Crippen LogP contribution in [0.25, 0.3) is 21.1 Å². The molecule has 1 aliphatic rings. The third-order valence-corrected chi connectivity index (χ3v) is 9.10. The topological polar surface area (TPSA) is 93.5 Å². The number of hydrogen-bond acceptors (Lipinski definition) is 7. The average Bonchev–Trinajstić information content (AvgIpc) is 3.65. The van der Waals surface area contributed by atoms with Crippen molar-refractivity contribution < 1.29 is 13.2 Å². The Hall–Kier alpha value is -4.01. The standard InChI is InChI=1S/C31H30F3N7S/c1-18-9-20(7-8-36-18)3-4-22-15-41(14-21-5-6-27-25(19(21)2)10-23(13-35)39-27)16-28(22)40-29-26-11-24(12-31(32,33)34)42-30(26)38-17-37-29/h5-11,17,22,28,39H,3-4,12,14-16H2,1-2H3,(H,37,38,40). The van der Waals surface area contributed by atoms with Crippen LogP contribution in [0, 0.1) is 31.1 Å². The van der Waals surface area contributed by atoms with Crippen molar-refractivity contribution >= 4 is 38.3 Å². The number of H-pyrrole nitrogens is 1. The van der Waals surface area contributed by atoms with E-state index in [9.17, 15) is 18.4 Å². The summed E-state index contributed by atoms with van der Waals surface area (Å²) in [6, 6.07) is 14.0. The van der Waals surface area contributed by atoms with Gasteiger partial charge >= 0.3 is 6.18 Å². The summed E-state index contributed by atoms with van der Waals surface area (Å²) in [5.41, 5.74) is 6.08. The Morgan fingerprint density at radius 1 is 1.10 bits per heavy atom. The molecule has 0 aliphatic carbocycles. The number of fused-ring (bicyclic) bond motifs is 2. The van der Waals surface area contributed by atoms with Crippen LogP contribution in [-0.2, 0) is 19.4 Å². The SMILES string of the molecule is Cc1cc(CCC2CN(Cc3ccc4[nH]c(C#N)cc4c3C)CC2Nc2ncnc3sc(CC(F)(F)F)cc23)ccn1. The first-order chi connectivity index (χ1) is 20.1. The van der Waals surface area contributed by atoms with Crippen LogP contribution >= 0.6 is 11.3 Å². The van der Waals surface area contributed by atoms with Gasteiger partial charge in [-0.25, -0.2) is 9.97 Å². The Labute approximate surface area is 245 Å². The van der Waals surface area contributed by atoms with Gasteiger partial charge in [0, 0.05) is 53.3 Å². The van der Waals surface area contributed by atoms with E-state index in [1.807, 2.05) is 25.3 Å². The number of pyridine rings is 1. The fourth-order valence-corrected chi connectivity index (χ4v) is 7.03. The number of nitrogens with one attached hydrogen (secondary N) is 2. The minimum atomic E-state index is -4.28. The van der Waals surface area contributed by atoms with Gasteiger partial charge in [0.15, 0.2) is 0 Å². The molecular weight excluding hydrogens is 559 g/mol. The number of benzene rings is 1. The van der Waals surface area contributed by atoms with Crippen LogP contribution in [-0.4, -0.2) is 50.1 Å². The van der Waals surface area contributed by atoms with Crippen molar-refractivity contribution in [3.8, 4) is 6.07 Å². The zero-order valence-electron chi connectivity index (χ0n) is 23.3. The highest BCUT2D eigenvalue weighted by molar-refractivity contribution is 7.18. The van der Waals surface area contributed by atoms with Crippen molar-refractivity contribution in [1.82, 2.24) is 24.8 Å². The van der Waals surface area contributed by atoms with Crippen LogP contribution in [0.5, 0.6) is 0 Å². The minimum Gasteiger partial charge on any atom is -0.365 e. The summed E-state index contributed by atoms with van der Waals surface area (Å²) in [6.45, 7) is 6.47. The normalized spacial score (nSPS) is 17.7. The monoisotopic (exact) mass is 589 g/mol. The van der Waals surface area contributed by atoms with Gasteiger partial charge in [-0.1, -0.05) is 6.07 Å². The highest BCUT2D eigenvalue weighted by Gasteiger charge is 2.34. The van der Waals surface area contributed by atoms with Gasteiger partial charge in [0.2, 0.25) is 0 Å². The number of alkyl halides is 3. The molecule has 1 aliphatic heterocycles. The Morgan fingerprint density at radius 3 is 2.74 bits per heavy atom. The molecule has 0 spiro atoms. The molecule has 2 unspecified atom stereocenters. The minimum absolute atomic E-state index is 0.0542. The number of rotatable bonds is 8. The lowest BCUT2D eigenvalue weighted by molar-refractivity contribution is -0.126. The van der Waals surface area contributed by atoms with Gasteiger partial charge in [-0.2, -0.15) is 18.4 Å². The predicted molar refractivity (Wildman–Crippen MR) is 158 cm³/mol. The predicted octanol–water partition coefficient (Wildman–Crippen LogP) is 6.71. The van der Waals surface area contributed by atoms with Gasteiger partial charge in [0.1, 0.15) is 28.7 Å². The molecule has 0 bridgehead atoms. The number of aryl methyl sites for hydroxylation is 3. The molecule has 1 fully saturated rings. The first kappa shape index (κ1) is 28.1. The van der Waals surface area contributed by atoms with Crippen LogP contribution in [0.3, 0.4) is 0 Å². The average molecular weight is 590 g/mol. The summed E-state index contributed by atoms with van der Waals surface area (Å²) in [4.78, 5) is 19.4. The second-order valence-electron chi connectivity index (χ2n) is 11.1. The van der Waals surface area contributed by atoms with Gasteiger partial charge in [0.25, 0.3) is 0 Å². The number of thiophene rings is 1. The number of likely N-dealkylation sites (tertiary alicyclic amines) is 1. The molecule has 6 rings (SSSR count). The molecule has 2 N–H and O–H groups in total. The van der Waals surface area contributed by atoms with Crippen LogP contribution in [0.15, 0.2) is 48.9 Å². The highest BCUT2D eigenvalue weighted by atomic mass is 32.1.